The molecule has 2 heterocycles. The first-order valence-corrected chi connectivity index (χ1v) is 5.84. The molecule has 1 amide bonds. The highest BCUT2D eigenvalue weighted by Crippen LogP contribution is 2.18. The standard InChI is InChI=1S/C12H12F3N3O2/c13-12(14,15)8-18-7-9(6-16-18)17-11(19)4-3-10-2-1-5-20-10/h1-2,5-7H,3-4,8H2,(H,17,19). The lowest BCUT2D eigenvalue weighted by Crippen LogP contribution is -2.18. The minimum Gasteiger partial charge on any atom is -0.469 e. The smallest absolute Gasteiger partial charge is 0.408 e. The van der Waals surface area contributed by atoms with Gasteiger partial charge in [-0.3, -0.25) is 9.48 Å². The first kappa shape index (κ1) is 14.2. The van der Waals surface area contributed by atoms with E-state index < -0.39 is 12.7 Å². The molecule has 0 saturated heterocycles. The predicted molar refractivity (Wildman–Crippen MR) is 63.9 cm³/mol. The minimum absolute atomic E-state index is 0.179. The number of aromatic nitrogens is 2. The van der Waals surface area contributed by atoms with E-state index in [2.05, 4.69) is 10.4 Å². The Morgan fingerprint density at radius 2 is 2.25 bits per heavy atom. The molecule has 2 rings (SSSR count). The quantitative estimate of drug-likeness (QED) is 0.919. The summed E-state index contributed by atoms with van der Waals surface area (Å²) in [7, 11) is 0. The van der Waals surface area contributed by atoms with Gasteiger partial charge in [0.25, 0.3) is 0 Å². The Kier molecular flexibility index (Phi) is 4.11. The Hall–Kier alpha value is -2.25. The van der Waals surface area contributed by atoms with Crippen LogP contribution < -0.4 is 5.32 Å². The summed E-state index contributed by atoms with van der Waals surface area (Å²) in [6, 6.07) is 3.46. The Morgan fingerprint density at radius 3 is 2.90 bits per heavy atom. The minimum atomic E-state index is -4.34. The fraction of sp³-hybridized carbons (Fsp3) is 0.333. The number of halogens is 3. The SMILES string of the molecule is O=C(CCc1ccco1)Nc1cnn(CC(F)(F)F)c1. The Morgan fingerprint density at radius 1 is 1.45 bits per heavy atom. The normalized spacial score (nSPS) is 11.6. The monoisotopic (exact) mass is 287 g/mol. The van der Waals surface area contributed by atoms with Crippen molar-refractivity contribution in [1.82, 2.24) is 9.78 Å². The molecule has 0 aromatic carbocycles. The number of amides is 1. The van der Waals surface area contributed by atoms with Crippen LogP contribution in [0.2, 0.25) is 0 Å². The topological polar surface area (TPSA) is 60.1 Å². The molecule has 108 valence electrons. The largest absolute Gasteiger partial charge is 0.469 e. The third-order valence-electron chi connectivity index (χ3n) is 2.44. The molecular formula is C12H12F3N3O2. The number of nitrogens with one attached hydrogen (secondary N) is 1. The van der Waals surface area contributed by atoms with Crippen LogP contribution in [0.25, 0.3) is 0 Å². The van der Waals surface area contributed by atoms with Gasteiger partial charge in [-0.2, -0.15) is 18.3 Å². The van der Waals surface area contributed by atoms with Crippen molar-refractivity contribution in [3.8, 4) is 0 Å². The second-order valence-electron chi connectivity index (χ2n) is 4.17. The molecule has 2 aromatic heterocycles. The number of nitrogens with zero attached hydrogens (tertiary/aromatic N) is 2. The number of alkyl halides is 3. The van der Waals surface area contributed by atoms with E-state index in [0.717, 1.165) is 10.9 Å². The van der Waals surface area contributed by atoms with Gasteiger partial charge in [0.1, 0.15) is 12.3 Å². The summed E-state index contributed by atoms with van der Waals surface area (Å²) in [5, 5.41) is 6.01. The van der Waals surface area contributed by atoms with Crippen molar-refractivity contribution in [2.45, 2.75) is 25.6 Å². The molecule has 0 unspecified atom stereocenters. The highest BCUT2D eigenvalue weighted by atomic mass is 19.4. The molecule has 0 atom stereocenters. The van der Waals surface area contributed by atoms with Crippen LogP contribution in [-0.2, 0) is 17.8 Å². The molecule has 0 saturated carbocycles. The van der Waals surface area contributed by atoms with E-state index in [4.69, 9.17) is 4.42 Å². The Labute approximate surface area is 112 Å². The van der Waals surface area contributed by atoms with Crippen LogP contribution in [0.3, 0.4) is 0 Å². The highest BCUT2D eigenvalue weighted by molar-refractivity contribution is 5.90. The first-order valence-electron chi connectivity index (χ1n) is 5.84. The summed E-state index contributed by atoms with van der Waals surface area (Å²) in [6.45, 7) is -1.19. The van der Waals surface area contributed by atoms with Crippen LogP contribution >= 0.6 is 0 Å². The van der Waals surface area contributed by atoms with Gasteiger partial charge >= 0.3 is 6.18 Å². The fourth-order valence-corrected chi connectivity index (χ4v) is 1.61. The third kappa shape index (κ3) is 4.45. The van der Waals surface area contributed by atoms with Gasteiger partial charge in [-0.15, -0.1) is 0 Å². The van der Waals surface area contributed by atoms with E-state index in [1.54, 1.807) is 12.1 Å². The van der Waals surface area contributed by atoms with Gasteiger partial charge in [-0.05, 0) is 12.1 Å². The number of furan rings is 1. The molecule has 0 bridgehead atoms. The molecular weight excluding hydrogens is 275 g/mol. The summed E-state index contributed by atoms with van der Waals surface area (Å²) in [5.74, 6) is 0.362. The predicted octanol–water partition coefficient (Wildman–Crippen LogP) is 2.61. The average molecular weight is 287 g/mol. The van der Waals surface area contributed by atoms with E-state index in [1.807, 2.05) is 0 Å². The van der Waals surface area contributed by atoms with Gasteiger partial charge < -0.3 is 9.73 Å². The van der Waals surface area contributed by atoms with E-state index >= 15 is 0 Å². The number of carbonyl (C=O) groups excluding carboxylic acids is 1. The number of carbonyl (C=O) groups is 1. The second kappa shape index (κ2) is 5.81. The van der Waals surface area contributed by atoms with Crippen molar-refractivity contribution in [3.05, 3.63) is 36.5 Å². The lowest BCUT2D eigenvalue weighted by atomic mass is 10.2. The lowest BCUT2D eigenvalue weighted by Gasteiger charge is -2.05. The van der Waals surface area contributed by atoms with Gasteiger partial charge in [0.05, 0.1) is 18.1 Å². The maximum Gasteiger partial charge on any atom is 0.408 e. The number of hydrogen-bond acceptors (Lipinski definition) is 3. The van der Waals surface area contributed by atoms with E-state index in [-0.39, 0.29) is 18.0 Å². The zero-order valence-electron chi connectivity index (χ0n) is 10.4. The molecule has 1 N–H and O–H groups in total. The van der Waals surface area contributed by atoms with Gasteiger partial charge in [-0.25, -0.2) is 0 Å². The number of anilines is 1. The van der Waals surface area contributed by atoms with Crippen LogP contribution in [0, 0.1) is 0 Å². The summed E-state index contributed by atoms with van der Waals surface area (Å²) in [4.78, 5) is 11.6. The van der Waals surface area contributed by atoms with Crippen molar-refractivity contribution in [2.24, 2.45) is 0 Å². The molecule has 0 aliphatic heterocycles. The molecule has 2 aromatic rings. The van der Waals surface area contributed by atoms with E-state index in [1.165, 1.54) is 12.5 Å². The summed E-state index contributed by atoms with van der Waals surface area (Å²) < 4.78 is 42.2. The van der Waals surface area contributed by atoms with Crippen LogP contribution in [0.5, 0.6) is 0 Å². The Balaban J connectivity index is 1.82. The highest BCUT2D eigenvalue weighted by Gasteiger charge is 2.28. The molecule has 0 spiro atoms. The zero-order valence-corrected chi connectivity index (χ0v) is 10.4. The number of rotatable bonds is 5. The third-order valence-corrected chi connectivity index (χ3v) is 2.44. The molecule has 20 heavy (non-hydrogen) atoms. The van der Waals surface area contributed by atoms with Crippen LogP contribution in [0.1, 0.15) is 12.2 Å². The summed E-state index contributed by atoms with van der Waals surface area (Å²) in [6.07, 6.45) is 0.0866. The summed E-state index contributed by atoms with van der Waals surface area (Å²) >= 11 is 0. The lowest BCUT2D eigenvalue weighted by molar-refractivity contribution is -0.142. The number of hydrogen-bond donors (Lipinski definition) is 1. The van der Waals surface area contributed by atoms with Crippen LogP contribution in [-0.4, -0.2) is 21.9 Å². The molecule has 0 radical (unpaired) electrons. The average Bonchev–Trinajstić information content (AvgIpc) is 2.96. The van der Waals surface area contributed by atoms with Crippen molar-refractivity contribution < 1.29 is 22.4 Å². The van der Waals surface area contributed by atoms with E-state index in [9.17, 15) is 18.0 Å². The molecule has 5 nitrogen and oxygen atoms in total. The van der Waals surface area contributed by atoms with Gasteiger partial charge in [0.15, 0.2) is 0 Å². The van der Waals surface area contributed by atoms with Crippen LogP contribution in [0.4, 0.5) is 18.9 Å². The second-order valence-corrected chi connectivity index (χ2v) is 4.17. The summed E-state index contributed by atoms with van der Waals surface area (Å²) in [5.41, 5.74) is 0.235. The maximum atomic E-state index is 12.1. The molecule has 0 aliphatic rings. The maximum absolute atomic E-state index is 12.1. The van der Waals surface area contributed by atoms with Gasteiger partial charge in [0.2, 0.25) is 5.91 Å². The molecule has 0 fully saturated rings. The van der Waals surface area contributed by atoms with Crippen molar-refractivity contribution in [3.63, 3.8) is 0 Å². The Bertz CT molecular complexity index is 561. The van der Waals surface area contributed by atoms with Crippen LogP contribution in [0.15, 0.2) is 35.2 Å². The van der Waals surface area contributed by atoms with Gasteiger partial charge in [-0.1, -0.05) is 0 Å². The van der Waals surface area contributed by atoms with Gasteiger partial charge in [0, 0.05) is 19.0 Å². The first-order chi connectivity index (χ1) is 9.42. The van der Waals surface area contributed by atoms with E-state index in [0.29, 0.717) is 12.2 Å². The van der Waals surface area contributed by atoms with Crippen molar-refractivity contribution in [1.29, 1.82) is 0 Å². The zero-order chi connectivity index (χ0) is 14.6. The van der Waals surface area contributed by atoms with Crippen molar-refractivity contribution in [2.75, 3.05) is 5.32 Å². The van der Waals surface area contributed by atoms with Crippen molar-refractivity contribution >= 4 is 11.6 Å². The molecule has 0 aliphatic carbocycles. The number of aryl methyl sites for hydroxylation is 1. The molecule has 8 heteroatoms. The fourth-order valence-electron chi connectivity index (χ4n) is 1.61.